The Hall–Kier alpha value is -2.11. The molecule has 0 N–H and O–H groups in total. The molecule has 0 saturated carbocycles. The lowest BCUT2D eigenvalue weighted by molar-refractivity contribution is 0.0203. The van der Waals surface area contributed by atoms with Crippen molar-refractivity contribution < 1.29 is 19.1 Å². The zero-order valence-corrected chi connectivity index (χ0v) is 14.2. The molecular formula is C17H24N2O4. The lowest BCUT2D eigenvalue weighted by atomic mass is 9.88. The number of aromatic nitrogens is 1. The summed E-state index contributed by atoms with van der Waals surface area (Å²) in [5.74, 6) is -0.230. The summed E-state index contributed by atoms with van der Waals surface area (Å²) in [5, 5.41) is 0. The first-order valence-corrected chi connectivity index (χ1v) is 7.83. The third kappa shape index (κ3) is 4.43. The number of pyridine rings is 1. The van der Waals surface area contributed by atoms with Gasteiger partial charge in [-0.1, -0.05) is 6.07 Å². The van der Waals surface area contributed by atoms with Gasteiger partial charge in [0.1, 0.15) is 5.60 Å². The third-order valence-electron chi connectivity index (χ3n) is 3.80. The highest BCUT2D eigenvalue weighted by Gasteiger charge is 2.29. The van der Waals surface area contributed by atoms with Gasteiger partial charge in [0.05, 0.1) is 7.11 Å². The number of methoxy groups -OCH3 is 1. The van der Waals surface area contributed by atoms with Crippen molar-refractivity contribution in [2.75, 3.05) is 20.2 Å². The van der Waals surface area contributed by atoms with E-state index in [2.05, 4.69) is 4.98 Å². The maximum Gasteiger partial charge on any atom is 0.410 e. The van der Waals surface area contributed by atoms with Crippen LogP contribution in [-0.2, 0) is 9.47 Å². The quantitative estimate of drug-likeness (QED) is 0.784. The highest BCUT2D eigenvalue weighted by Crippen LogP contribution is 2.30. The molecule has 0 atom stereocenters. The zero-order chi connectivity index (χ0) is 17.0. The maximum atomic E-state index is 12.1. The summed E-state index contributed by atoms with van der Waals surface area (Å²) in [6.07, 6.45) is 2.85. The first-order valence-electron chi connectivity index (χ1n) is 7.83. The molecule has 0 aromatic carbocycles. The van der Waals surface area contributed by atoms with Crippen LogP contribution in [0.5, 0.6) is 0 Å². The molecule has 2 rings (SSSR count). The molecule has 1 aromatic heterocycles. The minimum Gasteiger partial charge on any atom is -0.464 e. The van der Waals surface area contributed by atoms with Gasteiger partial charge in [0, 0.05) is 19.3 Å². The summed E-state index contributed by atoms with van der Waals surface area (Å²) in [7, 11) is 1.35. The average Bonchev–Trinajstić information content (AvgIpc) is 2.52. The highest BCUT2D eigenvalue weighted by atomic mass is 16.6. The summed E-state index contributed by atoms with van der Waals surface area (Å²) in [4.78, 5) is 29.8. The van der Waals surface area contributed by atoms with Crippen LogP contribution in [0.1, 0.15) is 55.6 Å². The van der Waals surface area contributed by atoms with Gasteiger partial charge in [0.15, 0.2) is 5.69 Å². The normalized spacial score (nSPS) is 16.1. The van der Waals surface area contributed by atoms with Crippen molar-refractivity contribution in [3.05, 3.63) is 29.6 Å². The molecule has 6 heteroatoms. The van der Waals surface area contributed by atoms with Crippen LogP contribution in [0, 0.1) is 0 Å². The van der Waals surface area contributed by atoms with E-state index in [1.54, 1.807) is 11.1 Å². The topological polar surface area (TPSA) is 68.7 Å². The van der Waals surface area contributed by atoms with Gasteiger partial charge < -0.3 is 14.4 Å². The Morgan fingerprint density at radius 2 is 1.91 bits per heavy atom. The molecule has 126 valence electrons. The number of amides is 1. The summed E-state index contributed by atoms with van der Waals surface area (Å²) < 4.78 is 10.2. The molecule has 0 spiro atoms. The number of nitrogens with zero attached hydrogens (tertiary/aromatic N) is 2. The van der Waals surface area contributed by atoms with E-state index in [9.17, 15) is 9.59 Å². The number of rotatable bonds is 2. The molecule has 2 heterocycles. The summed E-state index contributed by atoms with van der Waals surface area (Å²) in [6.45, 7) is 6.78. The van der Waals surface area contributed by atoms with Gasteiger partial charge in [-0.05, 0) is 51.2 Å². The Bertz CT molecular complexity index is 572. The van der Waals surface area contributed by atoms with Gasteiger partial charge >= 0.3 is 12.1 Å². The van der Waals surface area contributed by atoms with E-state index in [0.717, 1.165) is 18.4 Å². The van der Waals surface area contributed by atoms with Crippen LogP contribution in [0.15, 0.2) is 18.3 Å². The molecule has 0 aliphatic carbocycles. The van der Waals surface area contributed by atoms with E-state index in [4.69, 9.17) is 9.47 Å². The molecule has 6 nitrogen and oxygen atoms in total. The van der Waals surface area contributed by atoms with E-state index in [0.29, 0.717) is 18.8 Å². The van der Waals surface area contributed by atoms with Gasteiger partial charge in [0.25, 0.3) is 0 Å². The minimum absolute atomic E-state index is 0.191. The molecule has 0 unspecified atom stereocenters. The molecule has 23 heavy (non-hydrogen) atoms. The van der Waals surface area contributed by atoms with Crippen molar-refractivity contribution in [3.8, 4) is 0 Å². The van der Waals surface area contributed by atoms with Crippen molar-refractivity contribution >= 4 is 12.1 Å². The van der Waals surface area contributed by atoms with E-state index in [-0.39, 0.29) is 12.0 Å². The van der Waals surface area contributed by atoms with Crippen LogP contribution >= 0.6 is 0 Å². The monoisotopic (exact) mass is 320 g/mol. The van der Waals surface area contributed by atoms with Crippen LogP contribution in [-0.4, -0.2) is 47.7 Å². The molecule has 1 aliphatic rings. The Balaban J connectivity index is 2.03. The fraction of sp³-hybridized carbons (Fsp3) is 0.588. The number of esters is 1. The lowest BCUT2D eigenvalue weighted by Crippen LogP contribution is -2.41. The second-order valence-corrected chi connectivity index (χ2v) is 6.67. The van der Waals surface area contributed by atoms with Crippen molar-refractivity contribution in [1.29, 1.82) is 0 Å². The maximum absolute atomic E-state index is 12.1. The fourth-order valence-corrected chi connectivity index (χ4v) is 2.71. The molecule has 1 saturated heterocycles. The first kappa shape index (κ1) is 17.2. The Morgan fingerprint density at radius 3 is 2.48 bits per heavy atom. The van der Waals surface area contributed by atoms with E-state index in [1.807, 2.05) is 32.9 Å². The van der Waals surface area contributed by atoms with Crippen LogP contribution in [0.4, 0.5) is 4.79 Å². The fourth-order valence-electron chi connectivity index (χ4n) is 2.71. The smallest absolute Gasteiger partial charge is 0.410 e. The van der Waals surface area contributed by atoms with Crippen LogP contribution in [0.2, 0.25) is 0 Å². The van der Waals surface area contributed by atoms with Gasteiger partial charge in [0.2, 0.25) is 0 Å². The van der Waals surface area contributed by atoms with Crippen molar-refractivity contribution in [1.82, 2.24) is 9.88 Å². The second-order valence-electron chi connectivity index (χ2n) is 6.67. The second kappa shape index (κ2) is 6.98. The number of hydrogen-bond donors (Lipinski definition) is 0. The van der Waals surface area contributed by atoms with E-state index >= 15 is 0 Å². The molecule has 1 amide bonds. The van der Waals surface area contributed by atoms with Crippen molar-refractivity contribution in [3.63, 3.8) is 0 Å². The molecule has 0 radical (unpaired) electrons. The van der Waals surface area contributed by atoms with E-state index < -0.39 is 11.6 Å². The Morgan fingerprint density at radius 1 is 1.26 bits per heavy atom. The summed E-state index contributed by atoms with van der Waals surface area (Å²) >= 11 is 0. The SMILES string of the molecule is COC(=O)c1ncccc1C1CCN(C(=O)OC(C)(C)C)CC1. The number of ether oxygens (including phenoxy) is 2. The van der Waals surface area contributed by atoms with Gasteiger partial charge in [-0.3, -0.25) is 0 Å². The number of piperidine rings is 1. The summed E-state index contributed by atoms with van der Waals surface area (Å²) in [5.41, 5.74) is 0.768. The Labute approximate surface area is 136 Å². The van der Waals surface area contributed by atoms with E-state index in [1.165, 1.54) is 7.11 Å². The van der Waals surface area contributed by atoms with Crippen LogP contribution in [0.25, 0.3) is 0 Å². The Kier molecular flexibility index (Phi) is 5.23. The third-order valence-corrected chi connectivity index (χ3v) is 3.80. The van der Waals surface area contributed by atoms with Gasteiger partial charge in [-0.15, -0.1) is 0 Å². The predicted molar refractivity (Wildman–Crippen MR) is 85.4 cm³/mol. The van der Waals surface area contributed by atoms with Crippen molar-refractivity contribution in [2.45, 2.75) is 45.1 Å². The number of carbonyl (C=O) groups is 2. The number of carbonyl (C=O) groups excluding carboxylic acids is 2. The minimum atomic E-state index is -0.491. The van der Waals surface area contributed by atoms with Crippen molar-refractivity contribution in [2.24, 2.45) is 0 Å². The number of hydrogen-bond acceptors (Lipinski definition) is 5. The predicted octanol–water partition coefficient (Wildman–Crippen LogP) is 2.98. The largest absolute Gasteiger partial charge is 0.464 e. The zero-order valence-electron chi connectivity index (χ0n) is 14.2. The lowest BCUT2D eigenvalue weighted by Gasteiger charge is -2.33. The van der Waals surface area contributed by atoms with Crippen LogP contribution < -0.4 is 0 Å². The highest BCUT2D eigenvalue weighted by molar-refractivity contribution is 5.89. The summed E-state index contributed by atoms with van der Waals surface area (Å²) in [6, 6.07) is 3.73. The molecule has 1 aromatic rings. The van der Waals surface area contributed by atoms with Gasteiger partial charge in [-0.2, -0.15) is 0 Å². The molecular weight excluding hydrogens is 296 g/mol. The van der Waals surface area contributed by atoms with Gasteiger partial charge in [-0.25, -0.2) is 14.6 Å². The average molecular weight is 320 g/mol. The van der Waals surface area contributed by atoms with Crippen LogP contribution in [0.3, 0.4) is 0 Å². The number of likely N-dealkylation sites (tertiary alicyclic amines) is 1. The standard InChI is InChI=1S/C17H24N2O4/c1-17(2,3)23-16(21)19-10-7-12(8-11-19)13-6-5-9-18-14(13)15(20)22-4/h5-6,9,12H,7-8,10-11H2,1-4H3. The molecule has 0 bridgehead atoms. The molecule has 1 aliphatic heterocycles. The first-order chi connectivity index (χ1) is 10.8. The molecule has 1 fully saturated rings.